The molecule has 0 atom stereocenters. The minimum atomic E-state index is -0.375. The topological polar surface area (TPSA) is 37.8 Å². The molecule has 0 amide bonds. The number of aromatic nitrogens is 2. The molecule has 0 radical (unpaired) electrons. The molecule has 5 heteroatoms. The predicted molar refractivity (Wildman–Crippen MR) is 71.3 cm³/mol. The second kappa shape index (κ2) is 5.31. The minimum absolute atomic E-state index is 0.355. The zero-order valence-electron chi connectivity index (χ0n) is 10.2. The van der Waals surface area contributed by atoms with E-state index in [2.05, 4.69) is 15.3 Å². The van der Waals surface area contributed by atoms with Crippen LogP contribution in [0.4, 0.5) is 10.3 Å². The summed E-state index contributed by atoms with van der Waals surface area (Å²) in [5.74, 6) is 0.152. The van der Waals surface area contributed by atoms with E-state index in [0.717, 1.165) is 12.1 Å². The largest absolute Gasteiger partial charge is 0.354 e. The fraction of sp³-hybridized carbons (Fsp3) is 0.231. The molecular weight excluding hydrogens is 253 g/mol. The Morgan fingerprint density at radius 1 is 1.33 bits per heavy atom. The van der Waals surface area contributed by atoms with Gasteiger partial charge >= 0.3 is 0 Å². The lowest BCUT2D eigenvalue weighted by Gasteiger charge is -2.08. The quantitative estimate of drug-likeness (QED) is 0.920. The summed E-state index contributed by atoms with van der Waals surface area (Å²) >= 11 is 5.85. The van der Waals surface area contributed by atoms with Crippen LogP contribution in [0.15, 0.2) is 24.4 Å². The highest BCUT2D eigenvalue weighted by Gasteiger charge is 2.08. The average Bonchev–Trinajstić information content (AvgIpc) is 2.30. The Kier molecular flexibility index (Phi) is 3.77. The molecule has 2 aromatic rings. The molecule has 0 spiro atoms. The Labute approximate surface area is 110 Å². The standard InChI is InChI=1S/C13H13ClFN3/c1-3-16-13-17-7-8(2)12(18-13)9-4-10(14)6-11(15)5-9/h4-7H,3H2,1-2H3,(H,16,17,18). The maximum absolute atomic E-state index is 13.4. The van der Waals surface area contributed by atoms with E-state index in [0.29, 0.717) is 22.2 Å². The van der Waals surface area contributed by atoms with Gasteiger partial charge < -0.3 is 5.32 Å². The zero-order chi connectivity index (χ0) is 13.1. The molecule has 0 aliphatic carbocycles. The summed E-state index contributed by atoms with van der Waals surface area (Å²) in [6, 6.07) is 4.37. The second-order valence-electron chi connectivity index (χ2n) is 3.91. The predicted octanol–water partition coefficient (Wildman–Crippen LogP) is 3.68. The summed E-state index contributed by atoms with van der Waals surface area (Å²) in [5.41, 5.74) is 2.21. The van der Waals surface area contributed by atoms with E-state index in [9.17, 15) is 4.39 Å². The van der Waals surface area contributed by atoms with Crippen molar-refractivity contribution in [3.63, 3.8) is 0 Å². The van der Waals surface area contributed by atoms with Gasteiger partial charge in [-0.05, 0) is 37.6 Å². The highest BCUT2D eigenvalue weighted by atomic mass is 35.5. The molecular formula is C13H13ClFN3. The lowest BCUT2D eigenvalue weighted by molar-refractivity contribution is 0.628. The van der Waals surface area contributed by atoms with Crippen molar-refractivity contribution >= 4 is 17.5 Å². The third kappa shape index (κ3) is 2.76. The van der Waals surface area contributed by atoms with Crippen molar-refractivity contribution in [3.05, 3.63) is 40.8 Å². The van der Waals surface area contributed by atoms with E-state index in [1.165, 1.54) is 12.1 Å². The number of anilines is 1. The van der Waals surface area contributed by atoms with Crippen molar-refractivity contribution < 1.29 is 4.39 Å². The van der Waals surface area contributed by atoms with Crippen LogP contribution in [0.5, 0.6) is 0 Å². The van der Waals surface area contributed by atoms with Gasteiger partial charge in [0.1, 0.15) is 5.82 Å². The summed E-state index contributed by atoms with van der Waals surface area (Å²) in [6.07, 6.45) is 1.71. The van der Waals surface area contributed by atoms with Gasteiger partial charge in [-0.15, -0.1) is 0 Å². The molecule has 2 rings (SSSR count). The monoisotopic (exact) mass is 265 g/mol. The number of nitrogens with one attached hydrogen (secondary N) is 1. The lowest BCUT2D eigenvalue weighted by Crippen LogP contribution is -2.03. The van der Waals surface area contributed by atoms with E-state index >= 15 is 0 Å². The van der Waals surface area contributed by atoms with Gasteiger partial charge in [0.15, 0.2) is 0 Å². The normalized spacial score (nSPS) is 10.4. The molecule has 94 valence electrons. The Balaban J connectivity index is 2.51. The van der Waals surface area contributed by atoms with Gasteiger partial charge in [-0.25, -0.2) is 14.4 Å². The van der Waals surface area contributed by atoms with Gasteiger partial charge in [0, 0.05) is 23.3 Å². The van der Waals surface area contributed by atoms with Crippen LogP contribution >= 0.6 is 11.6 Å². The highest BCUT2D eigenvalue weighted by molar-refractivity contribution is 6.30. The molecule has 0 unspecified atom stereocenters. The van der Waals surface area contributed by atoms with Crippen molar-refractivity contribution in [3.8, 4) is 11.3 Å². The maximum Gasteiger partial charge on any atom is 0.223 e. The van der Waals surface area contributed by atoms with Crippen LogP contribution < -0.4 is 5.32 Å². The number of nitrogens with zero attached hydrogens (tertiary/aromatic N) is 2. The van der Waals surface area contributed by atoms with Gasteiger partial charge in [-0.1, -0.05) is 11.6 Å². The summed E-state index contributed by atoms with van der Waals surface area (Å²) in [7, 11) is 0. The van der Waals surface area contributed by atoms with E-state index in [4.69, 9.17) is 11.6 Å². The average molecular weight is 266 g/mol. The van der Waals surface area contributed by atoms with Gasteiger partial charge in [-0.2, -0.15) is 0 Å². The molecule has 18 heavy (non-hydrogen) atoms. The summed E-state index contributed by atoms with van der Waals surface area (Å²) in [6.45, 7) is 4.57. The van der Waals surface area contributed by atoms with Crippen LogP contribution in [-0.4, -0.2) is 16.5 Å². The lowest BCUT2D eigenvalue weighted by atomic mass is 10.1. The third-order valence-corrected chi connectivity index (χ3v) is 2.66. The first kappa shape index (κ1) is 12.8. The first-order valence-electron chi connectivity index (χ1n) is 5.64. The number of benzene rings is 1. The SMILES string of the molecule is CCNc1ncc(C)c(-c2cc(F)cc(Cl)c2)n1. The van der Waals surface area contributed by atoms with Crippen LogP contribution in [0.3, 0.4) is 0 Å². The molecule has 1 aromatic heterocycles. The van der Waals surface area contributed by atoms with E-state index in [1.807, 2.05) is 13.8 Å². The van der Waals surface area contributed by atoms with Crippen molar-refractivity contribution in [1.82, 2.24) is 9.97 Å². The Hall–Kier alpha value is -1.68. The van der Waals surface area contributed by atoms with Gasteiger partial charge in [-0.3, -0.25) is 0 Å². The Morgan fingerprint density at radius 3 is 2.78 bits per heavy atom. The highest BCUT2D eigenvalue weighted by Crippen LogP contribution is 2.25. The summed E-state index contributed by atoms with van der Waals surface area (Å²) in [5, 5.41) is 3.38. The zero-order valence-corrected chi connectivity index (χ0v) is 10.9. The molecule has 0 fully saturated rings. The fourth-order valence-corrected chi connectivity index (χ4v) is 1.89. The smallest absolute Gasteiger partial charge is 0.223 e. The molecule has 0 bridgehead atoms. The summed E-state index contributed by atoms with van der Waals surface area (Å²) in [4.78, 5) is 8.52. The van der Waals surface area contributed by atoms with E-state index < -0.39 is 0 Å². The van der Waals surface area contributed by atoms with Crippen molar-refractivity contribution in [2.45, 2.75) is 13.8 Å². The summed E-state index contributed by atoms with van der Waals surface area (Å²) < 4.78 is 13.4. The van der Waals surface area contributed by atoms with Crippen molar-refractivity contribution in [2.75, 3.05) is 11.9 Å². The third-order valence-electron chi connectivity index (χ3n) is 2.44. The number of hydrogen-bond acceptors (Lipinski definition) is 3. The molecule has 1 aromatic carbocycles. The van der Waals surface area contributed by atoms with Crippen LogP contribution in [0.2, 0.25) is 5.02 Å². The number of rotatable bonds is 3. The van der Waals surface area contributed by atoms with Gasteiger partial charge in [0.2, 0.25) is 5.95 Å². The van der Waals surface area contributed by atoms with E-state index in [-0.39, 0.29) is 5.82 Å². The first-order valence-corrected chi connectivity index (χ1v) is 6.02. The molecule has 1 heterocycles. The molecule has 0 aliphatic heterocycles. The van der Waals surface area contributed by atoms with Crippen LogP contribution in [0.1, 0.15) is 12.5 Å². The van der Waals surface area contributed by atoms with Crippen molar-refractivity contribution in [1.29, 1.82) is 0 Å². The number of halogens is 2. The molecule has 0 saturated heterocycles. The second-order valence-corrected chi connectivity index (χ2v) is 4.35. The van der Waals surface area contributed by atoms with Gasteiger partial charge in [0.05, 0.1) is 5.69 Å². The number of hydrogen-bond donors (Lipinski definition) is 1. The van der Waals surface area contributed by atoms with Crippen LogP contribution in [0, 0.1) is 12.7 Å². The Morgan fingerprint density at radius 2 is 2.11 bits per heavy atom. The fourth-order valence-electron chi connectivity index (χ4n) is 1.67. The first-order chi connectivity index (χ1) is 8.60. The maximum atomic E-state index is 13.4. The van der Waals surface area contributed by atoms with Crippen molar-refractivity contribution in [2.24, 2.45) is 0 Å². The molecule has 1 N–H and O–H groups in total. The molecule has 0 saturated carbocycles. The Bertz CT molecular complexity index is 552. The van der Waals surface area contributed by atoms with Crippen LogP contribution in [0.25, 0.3) is 11.3 Å². The van der Waals surface area contributed by atoms with Crippen LogP contribution in [-0.2, 0) is 0 Å². The van der Waals surface area contributed by atoms with Gasteiger partial charge in [0.25, 0.3) is 0 Å². The minimum Gasteiger partial charge on any atom is -0.354 e. The number of aryl methyl sites for hydroxylation is 1. The molecule has 3 nitrogen and oxygen atoms in total. The molecule has 0 aliphatic rings. The van der Waals surface area contributed by atoms with E-state index in [1.54, 1.807) is 12.3 Å².